The first-order valence-electron chi connectivity index (χ1n) is 15.3. The molecule has 11 heteroatoms. The molecule has 4 aromatic carbocycles. The SMILES string of the molecule is CCC(C(=O)NCC(C)C)N(Cc1ccc(Cl)c(Cl)c1)C(=O)CN(c1ccc(Oc2ccccc2)cc1)S(=O)(=O)c1ccc(C)cc1. The molecule has 1 atom stereocenters. The molecule has 47 heavy (non-hydrogen) atoms. The van der Waals surface area contributed by atoms with E-state index in [0.717, 1.165) is 9.87 Å². The lowest BCUT2D eigenvalue weighted by Gasteiger charge is -2.33. The maximum Gasteiger partial charge on any atom is 0.264 e. The summed E-state index contributed by atoms with van der Waals surface area (Å²) in [6.45, 7) is 7.49. The van der Waals surface area contributed by atoms with Crippen LogP contribution in [0.4, 0.5) is 5.69 Å². The van der Waals surface area contributed by atoms with Crippen molar-refractivity contribution in [2.45, 2.75) is 51.6 Å². The van der Waals surface area contributed by atoms with Gasteiger partial charge in [0, 0.05) is 13.1 Å². The van der Waals surface area contributed by atoms with E-state index < -0.39 is 28.5 Å². The molecule has 8 nitrogen and oxygen atoms in total. The highest BCUT2D eigenvalue weighted by Crippen LogP contribution is 2.29. The first-order chi connectivity index (χ1) is 22.4. The van der Waals surface area contributed by atoms with Gasteiger partial charge in [0.25, 0.3) is 10.0 Å². The van der Waals surface area contributed by atoms with Gasteiger partial charge in [0.1, 0.15) is 24.1 Å². The summed E-state index contributed by atoms with van der Waals surface area (Å²) >= 11 is 12.4. The Morgan fingerprint density at radius 2 is 1.49 bits per heavy atom. The second-order valence-electron chi connectivity index (χ2n) is 11.6. The molecule has 0 radical (unpaired) electrons. The van der Waals surface area contributed by atoms with E-state index in [4.69, 9.17) is 27.9 Å². The van der Waals surface area contributed by atoms with Gasteiger partial charge in [-0.2, -0.15) is 0 Å². The van der Waals surface area contributed by atoms with E-state index in [9.17, 15) is 18.0 Å². The van der Waals surface area contributed by atoms with E-state index in [2.05, 4.69) is 5.32 Å². The molecule has 0 heterocycles. The molecular weight excluding hydrogens is 657 g/mol. The molecule has 1 unspecified atom stereocenters. The van der Waals surface area contributed by atoms with Crippen LogP contribution in [0.15, 0.2) is 102 Å². The van der Waals surface area contributed by atoms with Crippen molar-refractivity contribution < 1.29 is 22.7 Å². The Morgan fingerprint density at radius 1 is 0.851 bits per heavy atom. The lowest BCUT2D eigenvalue weighted by atomic mass is 10.1. The summed E-state index contributed by atoms with van der Waals surface area (Å²) in [5, 5.41) is 3.57. The van der Waals surface area contributed by atoms with Crippen LogP contribution >= 0.6 is 23.2 Å². The number of carbonyl (C=O) groups is 2. The number of aryl methyl sites for hydroxylation is 1. The molecule has 0 aliphatic carbocycles. The van der Waals surface area contributed by atoms with Crippen LogP contribution in [0.5, 0.6) is 11.5 Å². The van der Waals surface area contributed by atoms with Gasteiger partial charge >= 0.3 is 0 Å². The summed E-state index contributed by atoms with van der Waals surface area (Å²) < 4.78 is 35.3. The van der Waals surface area contributed by atoms with Crippen LogP contribution in [-0.4, -0.2) is 44.3 Å². The lowest BCUT2D eigenvalue weighted by Crippen LogP contribution is -2.52. The Bertz CT molecular complexity index is 1770. The standard InChI is InChI=1S/C36H39Cl2N3O5S/c1-5-34(36(43)39-22-25(2)3)40(23-27-13-20-32(37)33(38)21-27)35(42)24-41(47(44,45)31-18-11-26(4)12-19-31)28-14-16-30(17-15-28)46-29-9-7-6-8-10-29/h6-21,25,34H,5,22-24H2,1-4H3,(H,39,43). The van der Waals surface area contributed by atoms with Crippen molar-refractivity contribution in [1.82, 2.24) is 10.2 Å². The van der Waals surface area contributed by atoms with E-state index in [-0.39, 0.29) is 29.0 Å². The number of anilines is 1. The first kappa shape index (κ1) is 35.8. The zero-order chi connectivity index (χ0) is 34.1. The number of ether oxygens (including phenoxy) is 1. The van der Waals surface area contributed by atoms with Crippen LogP contribution < -0.4 is 14.4 Å². The van der Waals surface area contributed by atoms with E-state index >= 15 is 0 Å². The molecule has 0 aromatic heterocycles. The van der Waals surface area contributed by atoms with Crippen LogP contribution in [0.2, 0.25) is 10.0 Å². The van der Waals surface area contributed by atoms with Crippen molar-refractivity contribution in [3.63, 3.8) is 0 Å². The second-order valence-corrected chi connectivity index (χ2v) is 14.2. The number of sulfonamides is 1. The summed E-state index contributed by atoms with van der Waals surface area (Å²) in [4.78, 5) is 29.2. The van der Waals surface area contributed by atoms with Gasteiger partial charge in [-0.3, -0.25) is 13.9 Å². The number of benzene rings is 4. The molecule has 0 saturated heterocycles. The van der Waals surface area contributed by atoms with E-state index in [1.807, 2.05) is 51.1 Å². The number of nitrogens with one attached hydrogen (secondary N) is 1. The normalized spacial score (nSPS) is 12.0. The Kier molecular flexibility index (Phi) is 12.3. The number of hydrogen-bond acceptors (Lipinski definition) is 5. The summed E-state index contributed by atoms with van der Waals surface area (Å²) in [5.41, 5.74) is 1.78. The van der Waals surface area contributed by atoms with Crippen molar-refractivity contribution >= 4 is 50.7 Å². The molecule has 248 valence electrons. The minimum atomic E-state index is -4.22. The van der Waals surface area contributed by atoms with Crippen LogP contribution in [0, 0.1) is 12.8 Å². The maximum atomic E-state index is 14.3. The van der Waals surface area contributed by atoms with Crippen LogP contribution in [0.1, 0.15) is 38.3 Å². The third-order valence-corrected chi connectivity index (χ3v) is 9.93. The van der Waals surface area contributed by atoms with Gasteiger partial charge in [-0.15, -0.1) is 0 Å². The molecule has 0 spiro atoms. The fourth-order valence-corrected chi connectivity index (χ4v) is 6.58. The number of carbonyl (C=O) groups excluding carboxylic acids is 2. The Morgan fingerprint density at radius 3 is 2.09 bits per heavy atom. The van der Waals surface area contributed by atoms with Crippen LogP contribution in [0.25, 0.3) is 0 Å². The molecule has 4 aromatic rings. The zero-order valence-electron chi connectivity index (χ0n) is 26.8. The van der Waals surface area contributed by atoms with Crippen molar-refractivity contribution in [2.24, 2.45) is 5.92 Å². The smallest absolute Gasteiger partial charge is 0.264 e. The number of para-hydroxylation sites is 1. The number of nitrogens with zero attached hydrogens (tertiary/aromatic N) is 2. The average Bonchev–Trinajstić information content (AvgIpc) is 3.05. The molecule has 0 fully saturated rings. The fraction of sp³-hybridized carbons (Fsp3) is 0.278. The number of hydrogen-bond donors (Lipinski definition) is 1. The highest BCUT2D eigenvalue weighted by molar-refractivity contribution is 7.92. The molecule has 1 N–H and O–H groups in total. The van der Waals surface area contributed by atoms with Crippen molar-refractivity contribution in [3.8, 4) is 11.5 Å². The zero-order valence-corrected chi connectivity index (χ0v) is 29.1. The number of halogens is 2. The predicted octanol–water partition coefficient (Wildman–Crippen LogP) is 7.87. The second kappa shape index (κ2) is 16.2. The Hall–Kier alpha value is -4.05. The van der Waals surface area contributed by atoms with E-state index in [1.165, 1.54) is 17.0 Å². The van der Waals surface area contributed by atoms with Gasteiger partial charge in [-0.1, -0.05) is 85.9 Å². The van der Waals surface area contributed by atoms with Crippen molar-refractivity contribution in [1.29, 1.82) is 0 Å². The van der Waals surface area contributed by atoms with E-state index in [0.29, 0.717) is 40.1 Å². The van der Waals surface area contributed by atoms with Crippen molar-refractivity contribution in [3.05, 3.63) is 118 Å². The van der Waals surface area contributed by atoms with E-state index in [1.54, 1.807) is 61.5 Å². The molecule has 0 bridgehead atoms. The summed E-state index contributed by atoms with van der Waals surface area (Å²) in [6, 6.07) is 26.2. The fourth-order valence-electron chi connectivity index (χ4n) is 4.85. The highest BCUT2D eigenvalue weighted by Gasteiger charge is 2.34. The third-order valence-electron chi connectivity index (χ3n) is 7.40. The summed E-state index contributed by atoms with van der Waals surface area (Å²) in [7, 11) is -4.22. The van der Waals surface area contributed by atoms with Gasteiger partial charge in [0.15, 0.2) is 0 Å². The monoisotopic (exact) mass is 695 g/mol. The van der Waals surface area contributed by atoms with Crippen molar-refractivity contribution in [2.75, 3.05) is 17.4 Å². The lowest BCUT2D eigenvalue weighted by molar-refractivity contribution is -0.140. The molecule has 0 aliphatic rings. The van der Waals surface area contributed by atoms with Gasteiger partial charge in [-0.05, 0) is 85.5 Å². The number of amides is 2. The Balaban J connectivity index is 1.73. The molecular formula is C36H39Cl2N3O5S. The molecule has 2 amide bonds. The third kappa shape index (κ3) is 9.50. The van der Waals surface area contributed by atoms with Crippen LogP contribution in [-0.2, 0) is 26.2 Å². The van der Waals surface area contributed by atoms with Gasteiger partial charge in [-0.25, -0.2) is 8.42 Å². The molecule has 4 rings (SSSR count). The topological polar surface area (TPSA) is 96.0 Å². The largest absolute Gasteiger partial charge is 0.457 e. The van der Waals surface area contributed by atoms with Crippen LogP contribution in [0.3, 0.4) is 0 Å². The average molecular weight is 697 g/mol. The minimum Gasteiger partial charge on any atom is -0.457 e. The molecule has 0 aliphatic heterocycles. The first-order valence-corrected chi connectivity index (χ1v) is 17.5. The number of rotatable bonds is 14. The maximum absolute atomic E-state index is 14.3. The molecule has 0 saturated carbocycles. The van der Waals surface area contributed by atoms with Gasteiger partial charge in [0.05, 0.1) is 20.6 Å². The van der Waals surface area contributed by atoms with Gasteiger partial charge < -0.3 is 15.0 Å². The highest BCUT2D eigenvalue weighted by atomic mass is 35.5. The minimum absolute atomic E-state index is 0.00556. The predicted molar refractivity (Wildman–Crippen MR) is 188 cm³/mol. The summed E-state index contributed by atoms with van der Waals surface area (Å²) in [6.07, 6.45) is 0.299. The quantitative estimate of drug-likeness (QED) is 0.145. The Labute approximate surface area is 287 Å². The summed E-state index contributed by atoms with van der Waals surface area (Å²) in [5.74, 6) is 0.416. The van der Waals surface area contributed by atoms with Gasteiger partial charge in [0.2, 0.25) is 11.8 Å².